The van der Waals surface area contributed by atoms with Crippen LogP contribution in [-0.2, 0) is 6.42 Å². The maximum absolute atomic E-state index is 4.50. The molecule has 3 aromatic rings. The molecule has 2 N–H and O–H groups in total. The largest absolute Gasteiger partial charge is 0.339 e. The van der Waals surface area contributed by atoms with E-state index in [1.807, 2.05) is 18.2 Å². The van der Waals surface area contributed by atoms with E-state index in [2.05, 4.69) is 70.9 Å². The molecule has 0 radical (unpaired) electrons. The monoisotopic (exact) mass is 319 g/mol. The highest BCUT2D eigenvalue weighted by molar-refractivity contribution is 5.62. The van der Waals surface area contributed by atoms with E-state index in [0.29, 0.717) is 11.8 Å². The number of anilines is 4. The van der Waals surface area contributed by atoms with E-state index in [4.69, 9.17) is 0 Å². The van der Waals surface area contributed by atoms with E-state index in [1.54, 1.807) is 6.20 Å². The highest BCUT2D eigenvalue weighted by Crippen LogP contribution is 2.21. The molecule has 3 rings (SSSR count). The summed E-state index contributed by atoms with van der Waals surface area (Å²) in [5.41, 5.74) is 5.62. The molecular formula is C19H21N5. The highest BCUT2D eigenvalue weighted by Gasteiger charge is 2.05. The first-order valence-corrected chi connectivity index (χ1v) is 8.04. The minimum Gasteiger partial charge on any atom is -0.339 e. The van der Waals surface area contributed by atoms with Crippen LogP contribution >= 0.6 is 0 Å². The Kier molecular flexibility index (Phi) is 4.70. The van der Waals surface area contributed by atoms with Gasteiger partial charge in [0.05, 0.1) is 6.20 Å². The fourth-order valence-corrected chi connectivity index (χ4v) is 2.68. The molecule has 0 aliphatic carbocycles. The lowest BCUT2D eigenvalue weighted by Gasteiger charge is -2.11. The third-order valence-corrected chi connectivity index (χ3v) is 3.70. The van der Waals surface area contributed by atoms with Crippen molar-refractivity contribution < 1.29 is 0 Å². The third kappa shape index (κ3) is 3.87. The van der Waals surface area contributed by atoms with Gasteiger partial charge in [0, 0.05) is 11.4 Å². The van der Waals surface area contributed by atoms with Crippen LogP contribution in [0.5, 0.6) is 0 Å². The second kappa shape index (κ2) is 7.08. The van der Waals surface area contributed by atoms with Crippen molar-refractivity contribution >= 4 is 23.1 Å². The van der Waals surface area contributed by atoms with Gasteiger partial charge in [-0.2, -0.15) is 10.1 Å². The zero-order valence-electron chi connectivity index (χ0n) is 14.2. The summed E-state index contributed by atoms with van der Waals surface area (Å²) in [4.78, 5) is 4.50. The van der Waals surface area contributed by atoms with Gasteiger partial charge in [0.15, 0.2) is 5.82 Å². The fourth-order valence-electron chi connectivity index (χ4n) is 2.68. The van der Waals surface area contributed by atoms with Crippen molar-refractivity contribution in [2.75, 3.05) is 10.6 Å². The number of aromatic nitrogens is 3. The maximum atomic E-state index is 4.50. The van der Waals surface area contributed by atoms with Crippen LogP contribution in [0.4, 0.5) is 23.1 Å². The molecule has 122 valence electrons. The summed E-state index contributed by atoms with van der Waals surface area (Å²) in [6, 6.07) is 14.4. The fraction of sp³-hybridized carbons (Fsp3) is 0.211. The Bertz CT molecular complexity index is 824. The Morgan fingerprint density at radius 2 is 1.71 bits per heavy atom. The third-order valence-electron chi connectivity index (χ3n) is 3.70. The van der Waals surface area contributed by atoms with Crippen molar-refractivity contribution in [1.82, 2.24) is 15.2 Å². The Hall–Kier alpha value is -2.95. The predicted molar refractivity (Wildman–Crippen MR) is 98.1 cm³/mol. The smallest absolute Gasteiger partial charge is 0.249 e. The first-order valence-electron chi connectivity index (χ1n) is 8.04. The Morgan fingerprint density at radius 1 is 0.958 bits per heavy atom. The van der Waals surface area contributed by atoms with Crippen LogP contribution in [0.15, 0.2) is 48.7 Å². The lowest BCUT2D eigenvalue weighted by molar-refractivity contribution is 0.981. The van der Waals surface area contributed by atoms with Gasteiger partial charge in [-0.1, -0.05) is 31.2 Å². The first-order chi connectivity index (χ1) is 11.6. The molecule has 1 aromatic heterocycles. The highest BCUT2D eigenvalue weighted by atomic mass is 15.3. The van der Waals surface area contributed by atoms with Gasteiger partial charge >= 0.3 is 0 Å². The van der Waals surface area contributed by atoms with Crippen LogP contribution in [0.2, 0.25) is 0 Å². The number of para-hydroxylation sites is 1. The average molecular weight is 319 g/mol. The van der Waals surface area contributed by atoms with Crippen molar-refractivity contribution in [2.24, 2.45) is 0 Å². The Labute approximate surface area is 142 Å². The lowest BCUT2D eigenvalue weighted by atomic mass is 10.1. The summed E-state index contributed by atoms with van der Waals surface area (Å²) in [6.45, 7) is 6.26. The molecule has 0 bridgehead atoms. The molecule has 24 heavy (non-hydrogen) atoms. The van der Waals surface area contributed by atoms with Gasteiger partial charge in [0.1, 0.15) is 0 Å². The molecule has 0 atom stereocenters. The zero-order chi connectivity index (χ0) is 16.9. The van der Waals surface area contributed by atoms with E-state index < -0.39 is 0 Å². The molecule has 5 nitrogen and oxygen atoms in total. The van der Waals surface area contributed by atoms with E-state index in [9.17, 15) is 0 Å². The van der Waals surface area contributed by atoms with Gasteiger partial charge in [0.2, 0.25) is 5.95 Å². The summed E-state index contributed by atoms with van der Waals surface area (Å²) >= 11 is 0. The van der Waals surface area contributed by atoms with Crippen LogP contribution in [0.25, 0.3) is 0 Å². The van der Waals surface area contributed by atoms with Crippen molar-refractivity contribution in [3.05, 3.63) is 65.4 Å². The summed E-state index contributed by atoms with van der Waals surface area (Å²) in [5.74, 6) is 1.14. The predicted octanol–water partition coefficient (Wildman–Crippen LogP) is 4.54. The van der Waals surface area contributed by atoms with Gasteiger partial charge in [-0.25, -0.2) is 0 Å². The minimum atomic E-state index is 0.471. The molecule has 0 aliphatic rings. The maximum Gasteiger partial charge on any atom is 0.249 e. The molecule has 5 heteroatoms. The molecule has 0 amide bonds. The van der Waals surface area contributed by atoms with Crippen LogP contribution < -0.4 is 10.6 Å². The summed E-state index contributed by atoms with van der Waals surface area (Å²) < 4.78 is 0. The Balaban J connectivity index is 1.81. The number of benzene rings is 2. The number of nitrogens with zero attached hydrogens (tertiary/aromatic N) is 3. The molecule has 1 heterocycles. The summed E-state index contributed by atoms with van der Waals surface area (Å²) in [6.07, 6.45) is 2.58. The quantitative estimate of drug-likeness (QED) is 0.723. The van der Waals surface area contributed by atoms with E-state index >= 15 is 0 Å². The molecule has 0 saturated heterocycles. The molecule has 0 saturated carbocycles. The molecule has 0 fully saturated rings. The number of nitrogens with one attached hydrogen (secondary N) is 2. The number of hydrogen-bond acceptors (Lipinski definition) is 5. The zero-order valence-corrected chi connectivity index (χ0v) is 14.2. The van der Waals surface area contributed by atoms with Crippen molar-refractivity contribution in [3.8, 4) is 0 Å². The number of hydrogen-bond donors (Lipinski definition) is 2. The van der Waals surface area contributed by atoms with Crippen LogP contribution in [0.3, 0.4) is 0 Å². The minimum absolute atomic E-state index is 0.471. The summed E-state index contributed by atoms with van der Waals surface area (Å²) in [7, 11) is 0. The van der Waals surface area contributed by atoms with Crippen LogP contribution in [-0.4, -0.2) is 15.2 Å². The Morgan fingerprint density at radius 3 is 2.46 bits per heavy atom. The van der Waals surface area contributed by atoms with Crippen molar-refractivity contribution in [2.45, 2.75) is 27.2 Å². The van der Waals surface area contributed by atoms with Gasteiger partial charge in [-0.15, -0.1) is 5.10 Å². The second-order valence-corrected chi connectivity index (χ2v) is 5.80. The number of aryl methyl sites for hydroxylation is 3. The first kappa shape index (κ1) is 15.9. The van der Waals surface area contributed by atoms with E-state index in [0.717, 1.165) is 17.8 Å². The summed E-state index contributed by atoms with van der Waals surface area (Å²) in [5, 5.41) is 14.6. The van der Waals surface area contributed by atoms with Crippen LogP contribution in [0.1, 0.15) is 23.6 Å². The standard InChI is InChI=1S/C19H21N5/c1-4-15-7-5-6-8-17(15)22-18-12-20-24-19(23-18)21-16-10-13(2)9-14(3)11-16/h5-12H,4H2,1-3H3,(H2,21,22,23,24). The SMILES string of the molecule is CCc1ccccc1Nc1cnnc(Nc2cc(C)cc(C)c2)n1. The molecule has 0 spiro atoms. The van der Waals surface area contributed by atoms with Gasteiger partial charge in [0.25, 0.3) is 0 Å². The van der Waals surface area contributed by atoms with Crippen LogP contribution in [0, 0.1) is 13.8 Å². The van der Waals surface area contributed by atoms with Crippen molar-refractivity contribution in [1.29, 1.82) is 0 Å². The van der Waals surface area contributed by atoms with Gasteiger partial charge < -0.3 is 10.6 Å². The lowest BCUT2D eigenvalue weighted by Crippen LogP contribution is -2.03. The molecule has 0 aliphatic heterocycles. The molecular weight excluding hydrogens is 298 g/mol. The van der Waals surface area contributed by atoms with Crippen molar-refractivity contribution in [3.63, 3.8) is 0 Å². The molecule has 2 aromatic carbocycles. The van der Waals surface area contributed by atoms with E-state index in [-0.39, 0.29) is 0 Å². The topological polar surface area (TPSA) is 62.7 Å². The molecule has 0 unspecified atom stereocenters. The number of rotatable bonds is 5. The van der Waals surface area contributed by atoms with Gasteiger partial charge in [-0.05, 0) is 55.2 Å². The normalized spacial score (nSPS) is 10.5. The average Bonchev–Trinajstić information content (AvgIpc) is 2.55. The second-order valence-electron chi connectivity index (χ2n) is 5.80. The van der Waals surface area contributed by atoms with Gasteiger partial charge in [-0.3, -0.25) is 0 Å². The van der Waals surface area contributed by atoms with E-state index in [1.165, 1.54) is 16.7 Å².